The summed E-state index contributed by atoms with van der Waals surface area (Å²) in [6, 6.07) is 4.96. The average Bonchev–Trinajstić information content (AvgIpc) is 3.17. The van der Waals surface area contributed by atoms with E-state index in [1.54, 1.807) is 6.92 Å². The number of ether oxygens (including phenoxy) is 1. The number of carbonyl (C=O) groups is 1. The number of nitro groups is 1. The number of esters is 1. The smallest absolute Gasteiger partial charge is 0.354 e. The molecule has 0 spiro atoms. The third-order valence-corrected chi connectivity index (χ3v) is 3.23. The lowest BCUT2D eigenvalue weighted by Gasteiger charge is -2.02. The van der Waals surface area contributed by atoms with Crippen molar-refractivity contribution in [1.82, 2.24) is 13.9 Å². The highest BCUT2D eigenvalue weighted by Gasteiger charge is 2.46. The van der Waals surface area contributed by atoms with E-state index in [0.717, 1.165) is 13.9 Å². The summed E-state index contributed by atoms with van der Waals surface area (Å²) in [5.74, 6) is -0.674. The Labute approximate surface area is 121 Å². The number of hydrogen-bond donors (Lipinski definition) is 0. The van der Waals surface area contributed by atoms with Crippen LogP contribution in [0.25, 0.3) is 5.69 Å². The minimum absolute atomic E-state index is 0.144. The second-order valence-electron chi connectivity index (χ2n) is 4.49. The Morgan fingerprint density at radius 2 is 1.77 bits per heavy atom. The number of aromatic nitrogens is 3. The zero-order valence-electron chi connectivity index (χ0n) is 11.3. The summed E-state index contributed by atoms with van der Waals surface area (Å²) >= 11 is 0. The van der Waals surface area contributed by atoms with Gasteiger partial charge in [0.05, 0.1) is 17.2 Å². The molecule has 0 N–H and O–H groups in total. The van der Waals surface area contributed by atoms with Crippen molar-refractivity contribution >= 4 is 11.7 Å². The van der Waals surface area contributed by atoms with Crippen LogP contribution in [0.4, 0.5) is 5.69 Å². The quantitative estimate of drug-likeness (QED) is 0.432. The van der Waals surface area contributed by atoms with Gasteiger partial charge in [-0.05, 0) is 19.1 Å². The molecule has 0 saturated carbocycles. The van der Waals surface area contributed by atoms with Gasteiger partial charge in [0.15, 0.2) is 0 Å². The Morgan fingerprint density at radius 3 is 2.23 bits per heavy atom. The normalized spacial score (nSPS) is 12.8. The third-order valence-electron chi connectivity index (χ3n) is 3.23. The van der Waals surface area contributed by atoms with Crippen LogP contribution in [0.3, 0.4) is 0 Å². The van der Waals surface area contributed by atoms with E-state index in [0.29, 0.717) is 0 Å². The van der Waals surface area contributed by atoms with E-state index in [1.807, 2.05) is 0 Å². The van der Waals surface area contributed by atoms with Gasteiger partial charge in [-0.3, -0.25) is 10.1 Å². The standard InChI is InChI=1S/C12H10N4O6/c1-2-22-10(17)9-14-11(18)13(12(19)15(9)14)7-3-5-8(6-4-7)16(20)21/h3-6,9H,2H2,1H3. The van der Waals surface area contributed by atoms with Crippen molar-refractivity contribution in [3.05, 3.63) is 55.3 Å². The minimum Gasteiger partial charge on any atom is -0.463 e. The van der Waals surface area contributed by atoms with Gasteiger partial charge in [-0.25, -0.2) is 19.0 Å². The van der Waals surface area contributed by atoms with E-state index in [9.17, 15) is 24.5 Å². The minimum atomic E-state index is -1.02. The highest BCUT2D eigenvalue weighted by molar-refractivity contribution is 5.76. The maximum atomic E-state index is 12.1. The van der Waals surface area contributed by atoms with Crippen molar-refractivity contribution < 1.29 is 14.5 Å². The van der Waals surface area contributed by atoms with Crippen LogP contribution >= 0.6 is 0 Å². The molecule has 0 aliphatic carbocycles. The molecule has 1 aliphatic heterocycles. The molecule has 1 aliphatic rings. The van der Waals surface area contributed by atoms with Crippen LogP contribution in [-0.4, -0.2) is 31.4 Å². The van der Waals surface area contributed by atoms with E-state index in [-0.39, 0.29) is 18.0 Å². The predicted molar refractivity (Wildman–Crippen MR) is 72.0 cm³/mol. The summed E-state index contributed by atoms with van der Waals surface area (Å²) in [7, 11) is 0. The summed E-state index contributed by atoms with van der Waals surface area (Å²) in [5.41, 5.74) is -1.36. The molecular formula is C12H10N4O6. The summed E-state index contributed by atoms with van der Waals surface area (Å²) in [6.45, 7) is 1.76. The third kappa shape index (κ3) is 1.84. The number of hydrogen-bond acceptors (Lipinski definition) is 6. The van der Waals surface area contributed by atoms with Gasteiger partial charge < -0.3 is 4.74 Å². The lowest BCUT2D eigenvalue weighted by molar-refractivity contribution is -0.384. The molecule has 10 nitrogen and oxygen atoms in total. The van der Waals surface area contributed by atoms with E-state index in [2.05, 4.69) is 0 Å². The van der Waals surface area contributed by atoms with Crippen LogP contribution in [0.1, 0.15) is 13.1 Å². The molecule has 10 heteroatoms. The van der Waals surface area contributed by atoms with E-state index < -0.39 is 28.4 Å². The first-order valence-electron chi connectivity index (χ1n) is 6.35. The number of fused-ring (bicyclic) bond motifs is 1. The first-order chi connectivity index (χ1) is 10.5. The molecule has 0 atom stereocenters. The van der Waals surface area contributed by atoms with Gasteiger partial charge >= 0.3 is 17.3 Å². The van der Waals surface area contributed by atoms with Crippen LogP contribution in [0.2, 0.25) is 0 Å². The molecule has 0 fully saturated rings. The van der Waals surface area contributed by atoms with Crippen LogP contribution in [0.15, 0.2) is 33.9 Å². The van der Waals surface area contributed by atoms with Crippen molar-refractivity contribution in [2.24, 2.45) is 0 Å². The fourth-order valence-corrected chi connectivity index (χ4v) is 2.21. The molecule has 2 aromatic rings. The highest BCUT2D eigenvalue weighted by Crippen LogP contribution is 2.21. The summed E-state index contributed by atoms with van der Waals surface area (Å²) < 4.78 is 7.54. The fraction of sp³-hybridized carbons (Fsp3) is 0.250. The topological polar surface area (TPSA) is 118 Å². The highest BCUT2D eigenvalue weighted by atomic mass is 16.6. The number of benzene rings is 1. The molecule has 0 radical (unpaired) electrons. The summed E-state index contributed by atoms with van der Waals surface area (Å²) in [4.78, 5) is 45.9. The van der Waals surface area contributed by atoms with Gasteiger partial charge in [0.25, 0.3) is 5.69 Å². The van der Waals surface area contributed by atoms with Crippen molar-refractivity contribution in [1.29, 1.82) is 0 Å². The number of nitrogens with zero attached hydrogens (tertiary/aromatic N) is 4. The summed E-state index contributed by atoms with van der Waals surface area (Å²) in [6.07, 6.45) is -1.02. The van der Waals surface area contributed by atoms with Gasteiger partial charge in [-0.2, -0.15) is 9.36 Å². The van der Waals surface area contributed by atoms with Gasteiger partial charge in [0.1, 0.15) is 0 Å². The monoisotopic (exact) mass is 306 g/mol. The van der Waals surface area contributed by atoms with Gasteiger partial charge in [0.2, 0.25) is 6.17 Å². The Morgan fingerprint density at radius 1 is 1.23 bits per heavy atom. The number of carbonyl (C=O) groups excluding carboxylic acids is 1. The summed E-state index contributed by atoms with van der Waals surface area (Å²) in [5, 5.41) is 10.6. The van der Waals surface area contributed by atoms with Crippen molar-refractivity contribution in [2.45, 2.75) is 13.1 Å². The molecule has 22 heavy (non-hydrogen) atoms. The second-order valence-corrected chi connectivity index (χ2v) is 4.49. The number of non-ortho nitro benzene ring substituents is 1. The predicted octanol–water partition coefficient (Wildman–Crippen LogP) is -0.368. The molecule has 0 saturated heterocycles. The van der Waals surface area contributed by atoms with Gasteiger partial charge in [0, 0.05) is 12.1 Å². The zero-order chi connectivity index (χ0) is 16.0. The molecule has 2 heterocycles. The molecule has 3 rings (SSSR count). The Bertz CT molecular complexity index is 852. The molecule has 0 unspecified atom stereocenters. The zero-order valence-corrected chi connectivity index (χ0v) is 11.3. The Balaban J connectivity index is 1.98. The maximum absolute atomic E-state index is 12.1. The van der Waals surface area contributed by atoms with Crippen LogP contribution < -0.4 is 11.4 Å². The van der Waals surface area contributed by atoms with Crippen LogP contribution in [-0.2, 0) is 9.53 Å². The average molecular weight is 306 g/mol. The van der Waals surface area contributed by atoms with E-state index in [4.69, 9.17) is 4.74 Å². The van der Waals surface area contributed by atoms with Crippen molar-refractivity contribution in [3.8, 4) is 5.69 Å². The molecule has 1 aromatic heterocycles. The van der Waals surface area contributed by atoms with E-state index in [1.165, 1.54) is 24.3 Å². The molecule has 1 aromatic carbocycles. The van der Waals surface area contributed by atoms with E-state index >= 15 is 0 Å². The fourth-order valence-electron chi connectivity index (χ4n) is 2.21. The first-order valence-corrected chi connectivity index (χ1v) is 6.35. The maximum Gasteiger partial charge on any atom is 0.354 e. The Hall–Kier alpha value is -3.17. The van der Waals surface area contributed by atoms with Crippen molar-refractivity contribution in [2.75, 3.05) is 6.61 Å². The number of nitro benzene ring substituents is 1. The van der Waals surface area contributed by atoms with Crippen LogP contribution in [0.5, 0.6) is 0 Å². The lowest BCUT2D eigenvalue weighted by atomic mass is 10.3. The van der Waals surface area contributed by atoms with Gasteiger partial charge in [-0.15, -0.1) is 0 Å². The largest absolute Gasteiger partial charge is 0.463 e. The van der Waals surface area contributed by atoms with Gasteiger partial charge in [-0.1, -0.05) is 0 Å². The molecule has 114 valence electrons. The lowest BCUT2D eigenvalue weighted by Crippen LogP contribution is -2.33. The molecule has 0 bridgehead atoms. The molecular weight excluding hydrogens is 296 g/mol. The Kier molecular flexibility index (Phi) is 2.94. The second kappa shape index (κ2) is 4.69. The van der Waals surface area contributed by atoms with Crippen molar-refractivity contribution in [3.63, 3.8) is 0 Å². The molecule has 0 amide bonds. The number of rotatable bonds is 4. The van der Waals surface area contributed by atoms with Crippen LogP contribution in [0, 0.1) is 10.1 Å². The first kappa shape index (κ1) is 13.8. The SMILES string of the molecule is CCOC(=O)C1n2c(=O)n(-c3ccc([N+](=O)[O-])cc3)c(=O)n21.